The van der Waals surface area contributed by atoms with Crippen molar-refractivity contribution in [1.29, 1.82) is 0 Å². The average molecular weight is 439 g/mol. The predicted molar refractivity (Wildman–Crippen MR) is 90.1 cm³/mol. The number of amides is 1. The standard InChI is InChI=1S/C15H12BrClF3N3O2/c1-2-23(12-4-3-10(16)7-21-12)14(24)9-5-11(17)13(22-6-9)25-8-15(18,19)20/h3-7H,2,8H2,1H3. The van der Waals surface area contributed by atoms with Gasteiger partial charge >= 0.3 is 6.18 Å². The van der Waals surface area contributed by atoms with Crippen LogP contribution in [0, 0.1) is 0 Å². The van der Waals surface area contributed by atoms with Crippen molar-refractivity contribution in [2.75, 3.05) is 18.1 Å². The van der Waals surface area contributed by atoms with Crippen molar-refractivity contribution in [2.45, 2.75) is 13.1 Å². The Balaban J connectivity index is 2.20. The van der Waals surface area contributed by atoms with Gasteiger partial charge in [0, 0.05) is 23.4 Å². The molecule has 0 spiro atoms. The van der Waals surface area contributed by atoms with Gasteiger partial charge in [0.25, 0.3) is 5.91 Å². The van der Waals surface area contributed by atoms with E-state index in [1.54, 1.807) is 25.3 Å². The molecule has 0 aromatic carbocycles. The molecule has 25 heavy (non-hydrogen) atoms. The summed E-state index contributed by atoms with van der Waals surface area (Å²) < 4.78 is 41.8. The molecule has 0 aliphatic rings. The molecule has 0 bridgehead atoms. The number of carbonyl (C=O) groups excluding carboxylic acids is 1. The summed E-state index contributed by atoms with van der Waals surface area (Å²) in [5.74, 6) is -0.404. The summed E-state index contributed by atoms with van der Waals surface area (Å²) in [6.07, 6.45) is -1.85. The van der Waals surface area contributed by atoms with Gasteiger partial charge in [0.05, 0.1) is 5.56 Å². The summed E-state index contributed by atoms with van der Waals surface area (Å²) in [6.45, 7) is 0.575. The Hall–Kier alpha value is -1.87. The minimum atomic E-state index is -4.51. The van der Waals surface area contributed by atoms with E-state index in [1.807, 2.05) is 0 Å². The number of anilines is 1. The van der Waals surface area contributed by atoms with E-state index < -0.39 is 18.7 Å². The van der Waals surface area contributed by atoms with Gasteiger partial charge in [0.1, 0.15) is 10.8 Å². The van der Waals surface area contributed by atoms with Gasteiger partial charge in [0.2, 0.25) is 5.88 Å². The van der Waals surface area contributed by atoms with E-state index >= 15 is 0 Å². The van der Waals surface area contributed by atoms with Crippen LogP contribution in [0.15, 0.2) is 35.1 Å². The third-order valence-corrected chi connectivity index (χ3v) is 3.72. The number of rotatable bonds is 5. The van der Waals surface area contributed by atoms with Gasteiger partial charge in [-0.3, -0.25) is 9.69 Å². The minimum absolute atomic E-state index is 0.107. The Morgan fingerprint density at radius 3 is 2.56 bits per heavy atom. The quantitative estimate of drug-likeness (QED) is 0.690. The molecule has 2 heterocycles. The van der Waals surface area contributed by atoms with Crippen LogP contribution >= 0.6 is 27.5 Å². The third-order valence-electron chi connectivity index (χ3n) is 2.98. The van der Waals surface area contributed by atoms with Crippen molar-refractivity contribution in [3.8, 4) is 5.88 Å². The van der Waals surface area contributed by atoms with Crippen molar-refractivity contribution in [3.05, 3.63) is 45.7 Å². The van der Waals surface area contributed by atoms with Crippen LogP contribution in [0.25, 0.3) is 0 Å². The molecule has 134 valence electrons. The zero-order valence-electron chi connectivity index (χ0n) is 12.8. The highest BCUT2D eigenvalue weighted by Crippen LogP contribution is 2.26. The lowest BCUT2D eigenvalue weighted by Crippen LogP contribution is -2.31. The number of nitrogens with zero attached hydrogens (tertiary/aromatic N) is 3. The van der Waals surface area contributed by atoms with Crippen molar-refractivity contribution in [1.82, 2.24) is 9.97 Å². The highest BCUT2D eigenvalue weighted by atomic mass is 79.9. The maximum atomic E-state index is 12.6. The fourth-order valence-corrected chi connectivity index (χ4v) is 2.35. The molecular weight excluding hydrogens is 427 g/mol. The maximum absolute atomic E-state index is 12.6. The number of carbonyl (C=O) groups is 1. The van der Waals surface area contributed by atoms with E-state index in [2.05, 4.69) is 30.6 Å². The molecule has 0 radical (unpaired) electrons. The Labute approximate surface area is 154 Å². The largest absolute Gasteiger partial charge is 0.467 e. The molecule has 2 aromatic rings. The molecule has 2 rings (SSSR count). The van der Waals surface area contributed by atoms with Gasteiger partial charge in [-0.05, 0) is 41.1 Å². The first-order valence-electron chi connectivity index (χ1n) is 6.99. The molecule has 2 aromatic heterocycles. The van der Waals surface area contributed by atoms with Gasteiger partial charge in [0.15, 0.2) is 6.61 Å². The monoisotopic (exact) mass is 437 g/mol. The van der Waals surface area contributed by atoms with Crippen LogP contribution in [0.2, 0.25) is 5.02 Å². The Morgan fingerprint density at radius 1 is 1.32 bits per heavy atom. The van der Waals surface area contributed by atoms with Crippen LogP contribution < -0.4 is 9.64 Å². The molecule has 0 fully saturated rings. The molecular formula is C15H12BrClF3N3O2. The fourth-order valence-electron chi connectivity index (χ4n) is 1.89. The average Bonchev–Trinajstić information content (AvgIpc) is 2.55. The highest BCUT2D eigenvalue weighted by molar-refractivity contribution is 9.10. The number of halogens is 5. The maximum Gasteiger partial charge on any atom is 0.422 e. The summed E-state index contributed by atoms with van der Waals surface area (Å²) in [4.78, 5) is 21.8. The molecule has 0 atom stereocenters. The summed E-state index contributed by atoms with van der Waals surface area (Å²) in [6, 6.07) is 4.60. The first-order chi connectivity index (χ1) is 11.7. The number of hydrogen-bond donors (Lipinski definition) is 0. The van der Waals surface area contributed by atoms with Crippen LogP contribution in [-0.2, 0) is 0 Å². The molecule has 10 heteroatoms. The van der Waals surface area contributed by atoms with Crippen LogP contribution in [0.5, 0.6) is 5.88 Å². The second-order valence-electron chi connectivity index (χ2n) is 4.80. The summed E-state index contributed by atoms with van der Waals surface area (Å²) in [5, 5.41) is -0.185. The number of pyridine rings is 2. The molecule has 0 saturated carbocycles. The number of hydrogen-bond acceptors (Lipinski definition) is 4. The van der Waals surface area contributed by atoms with Crippen LogP contribution in [0.4, 0.5) is 19.0 Å². The zero-order chi connectivity index (χ0) is 18.6. The number of ether oxygens (including phenoxy) is 1. The lowest BCUT2D eigenvalue weighted by molar-refractivity contribution is -0.154. The predicted octanol–water partition coefficient (Wildman–Crippen LogP) is 4.50. The van der Waals surface area contributed by atoms with E-state index in [0.29, 0.717) is 12.4 Å². The summed E-state index contributed by atoms with van der Waals surface area (Å²) in [7, 11) is 0. The van der Waals surface area contributed by atoms with Crippen LogP contribution in [0.3, 0.4) is 0 Å². The first-order valence-corrected chi connectivity index (χ1v) is 8.17. The molecule has 0 unspecified atom stereocenters. The van der Waals surface area contributed by atoms with Gasteiger partial charge in [-0.1, -0.05) is 11.6 Å². The van der Waals surface area contributed by atoms with Gasteiger partial charge in [-0.25, -0.2) is 9.97 Å². The second kappa shape index (κ2) is 8.01. The van der Waals surface area contributed by atoms with Gasteiger partial charge in [-0.2, -0.15) is 13.2 Å². The van der Waals surface area contributed by atoms with Crippen molar-refractivity contribution < 1.29 is 22.7 Å². The number of aromatic nitrogens is 2. The molecule has 0 aliphatic carbocycles. The molecule has 1 amide bonds. The van der Waals surface area contributed by atoms with E-state index in [9.17, 15) is 18.0 Å². The molecule has 0 saturated heterocycles. The molecule has 0 N–H and O–H groups in total. The van der Waals surface area contributed by atoms with Crippen LogP contribution in [0.1, 0.15) is 17.3 Å². The van der Waals surface area contributed by atoms with Crippen molar-refractivity contribution in [2.24, 2.45) is 0 Å². The lowest BCUT2D eigenvalue weighted by atomic mass is 10.2. The minimum Gasteiger partial charge on any atom is -0.467 e. The lowest BCUT2D eigenvalue weighted by Gasteiger charge is -2.20. The third kappa shape index (κ3) is 5.30. The molecule has 0 aliphatic heterocycles. The number of alkyl halides is 3. The SMILES string of the molecule is CCN(C(=O)c1cnc(OCC(F)(F)F)c(Cl)c1)c1ccc(Br)cn1. The van der Waals surface area contributed by atoms with E-state index in [0.717, 1.165) is 10.7 Å². The van der Waals surface area contributed by atoms with E-state index in [1.165, 1.54) is 11.0 Å². The van der Waals surface area contributed by atoms with Gasteiger partial charge in [-0.15, -0.1) is 0 Å². The zero-order valence-corrected chi connectivity index (χ0v) is 15.2. The highest BCUT2D eigenvalue weighted by Gasteiger charge is 2.29. The summed E-state index contributed by atoms with van der Waals surface area (Å²) in [5.41, 5.74) is 0.107. The van der Waals surface area contributed by atoms with Crippen molar-refractivity contribution in [3.63, 3.8) is 0 Å². The Morgan fingerprint density at radius 2 is 2.04 bits per heavy atom. The Kier molecular flexibility index (Phi) is 6.23. The second-order valence-corrected chi connectivity index (χ2v) is 6.12. The molecule has 5 nitrogen and oxygen atoms in total. The fraction of sp³-hybridized carbons (Fsp3) is 0.267. The van der Waals surface area contributed by atoms with E-state index in [4.69, 9.17) is 11.6 Å². The van der Waals surface area contributed by atoms with Crippen molar-refractivity contribution >= 4 is 39.3 Å². The Bertz CT molecular complexity index is 757. The van der Waals surface area contributed by atoms with Gasteiger partial charge < -0.3 is 4.74 Å². The van der Waals surface area contributed by atoms with E-state index in [-0.39, 0.29) is 16.5 Å². The first kappa shape index (κ1) is 19.5. The smallest absolute Gasteiger partial charge is 0.422 e. The normalized spacial score (nSPS) is 11.3. The summed E-state index contributed by atoms with van der Waals surface area (Å²) >= 11 is 9.13. The van der Waals surface area contributed by atoms with Crippen LogP contribution in [-0.4, -0.2) is 35.2 Å². The topological polar surface area (TPSA) is 55.3 Å².